The number of methoxy groups -OCH3 is 1. The Morgan fingerprint density at radius 3 is 2.96 bits per heavy atom. The second kappa shape index (κ2) is 6.17. The highest BCUT2D eigenvalue weighted by Gasteiger charge is 2.38. The third kappa shape index (κ3) is 2.98. The number of piperidine rings is 1. The Bertz CT molecular complexity index is 605. The zero-order valence-electron chi connectivity index (χ0n) is 13.9. The molecule has 4 heteroatoms. The van der Waals surface area contributed by atoms with Crippen LogP contribution in [0.5, 0.6) is 11.5 Å². The summed E-state index contributed by atoms with van der Waals surface area (Å²) in [7, 11) is 1.70. The first-order valence-corrected chi connectivity index (χ1v) is 8.70. The van der Waals surface area contributed by atoms with Crippen LogP contribution < -0.4 is 14.8 Å². The van der Waals surface area contributed by atoms with Crippen LogP contribution in [0.1, 0.15) is 24.8 Å². The molecule has 124 valence electrons. The first-order chi connectivity index (χ1) is 11.3. The molecule has 2 fully saturated rings. The molecule has 0 atom stereocenters. The Kier molecular flexibility index (Phi) is 4.04. The van der Waals surface area contributed by atoms with Crippen molar-refractivity contribution in [2.75, 3.05) is 46.4 Å². The highest BCUT2D eigenvalue weighted by Crippen LogP contribution is 2.40. The minimum Gasteiger partial charge on any atom is -0.493 e. The molecule has 3 heterocycles. The fraction of sp³-hybridized carbons (Fsp3) is 0.579. The minimum absolute atomic E-state index is 0.572. The molecule has 1 N–H and O–H groups in total. The van der Waals surface area contributed by atoms with Gasteiger partial charge in [-0.1, -0.05) is 12.1 Å². The van der Waals surface area contributed by atoms with Gasteiger partial charge in [-0.05, 0) is 62.0 Å². The van der Waals surface area contributed by atoms with E-state index in [2.05, 4.69) is 22.4 Å². The van der Waals surface area contributed by atoms with Gasteiger partial charge in [0.1, 0.15) is 6.61 Å². The van der Waals surface area contributed by atoms with Crippen LogP contribution in [-0.2, 0) is 0 Å². The van der Waals surface area contributed by atoms with Crippen molar-refractivity contribution in [3.05, 3.63) is 29.3 Å². The van der Waals surface area contributed by atoms with Crippen LogP contribution >= 0.6 is 0 Å². The summed E-state index contributed by atoms with van der Waals surface area (Å²) in [6.45, 7) is 6.56. The topological polar surface area (TPSA) is 33.7 Å². The maximum absolute atomic E-state index is 5.98. The predicted octanol–water partition coefficient (Wildman–Crippen LogP) is 2.55. The van der Waals surface area contributed by atoms with Crippen molar-refractivity contribution in [1.82, 2.24) is 10.2 Å². The Labute approximate surface area is 138 Å². The van der Waals surface area contributed by atoms with Gasteiger partial charge in [-0.25, -0.2) is 0 Å². The second-order valence-corrected chi connectivity index (χ2v) is 7.18. The number of para-hydroxylation sites is 1. The molecule has 3 aliphatic rings. The zero-order chi connectivity index (χ0) is 15.7. The summed E-state index contributed by atoms with van der Waals surface area (Å²) in [5.41, 5.74) is 3.08. The molecular weight excluding hydrogens is 288 g/mol. The summed E-state index contributed by atoms with van der Waals surface area (Å²) in [6, 6.07) is 6.09. The van der Waals surface area contributed by atoms with E-state index in [0.29, 0.717) is 12.0 Å². The van der Waals surface area contributed by atoms with Crippen molar-refractivity contribution in [1.29, 1.82) is 0 Å². The van der Waals surface area contributed by atoms with Gasteiger partial charge in [-0.2, -0.15) is 0 Å². The van der Waals surface area contributed by atoms with E-state index in [1.54, 1.807) is 7.11 Å². The van der Waals surface area contributed by atoms with Gasteiger partial charge in [0.15, 0.2) is 11.5 Å². The van der Waals surface area contributed by atoms with E-state index in [1.807, 2.05) is 12.1 Å². The highest BCUT2D eigenvalue weighted by atomic mass is 16.5. The van der Waals surface area contributed by atoms with E-state index in [4.69, 9.17) is 9.47 Å². The molecular formula is C19H26N2O2. The predicted molar refractivity (Wildman–Crippen MR) is 92.1 cm³/mol. The van der Waals surface area contributed by atoms with Crippen molar-refractivity contribution in [2.24, 2.45) is 5.41 Å². The Balaban J connectivity index is 1.45. The quantitative estimate of drug-likeness (QED) is 0.930. The van der Waals surface area contributed by atoms with Gasteiger partial charge in [-0.15, -0.1) is 0 Å². The molecule has 0 bridgehead atoms. The Morgan fingerprint density at radius 1 is 1.26 bits per heavy atom. The van der Waals surface area contributed by atoms with E-state index in [9.17, 15) is 0 Å². The fourth-order valence-corrected chi connectivity index (χ4v) is 4.29. The van der Waals surface area contributed by atoms with Gasteiger partial charge in [0, 0.05) is 18.7 Å². The van der Waals surface area contributed by atoms with E-state index in [-0.39, 0.29) is 0 Å². The van der Waals surface area contributed by atoms with Crippen LogP contribution in [0.3, 0.4) is 0 Å². The molecule has 0 saturated carbocycles. The number of fused-ring (bicyclic) bond motifs is 1. The van der Waals surface area contributed by atoms with Crippen molar-refractivity contribution >= 4 is 6.08 Å². The maximum Gasteiger partial charge on any atom is 0.168 e. The number of nitrogens with zero attached hydrogens (tertiary/aromatic N) is 1. The van der Waals surface area contributed by atoms with Gasteiger partial charge in [-0.3, -0.25) is 4.90 Å². The normalized spacial score (nSPS) is 23.3. The fourth-order valence-electron chi connectivity index (χ4n) is 4.29. The van der Waals surface area contributed by atoms with Gasteiger partial charge in [0.2, 0.25) is 0 Å². The summed E-state index contributed by atoms with van der Waals surface area (Å²) in [5.74, 6) is 1.71. The molecule has 1 aromatic rings. The molecule has 0 unspecified atom stereocenters. The smallest absolute Gasteiger partial charge is 0.168 e. The molecule has 1 aromatic carbocycles. The van der Waals surface area contributed by atoms with Crippen LogP contribution in [-0.4, -0.2) is 51.3 Å². The van der Waals surface area contributed by atoms with Crippen LogP contribution in [0.4, 0.5) is 0 Å². The van der Waals surface area contributed by atoms with Gasteiger partial charge < -0.3 is 14.8 Å². The number of rotatable bonds is 3. The van der Waals surface area contributed by atoms with Crippen molar-refractivity contribution in [3.63, 3.8) is 0 Å². The Morgan fingerprint density at radius 2 is 2.13 bits per heavy atom. The summed E-state index contributed by atoms with van der Waals surface area (Å²) >= 11 is 0. The maximum atomic E-state index is 5.98. The van der Waals surface area contributed by atoms with E-state index in [1.165, 1.54) is 51.0 Å². The van der Waals surface area contributed by atoms with E-state index < -0.39 is 0 Å². The number of hydrogen-bond donors (Lipinski definition) is 1. The van der Waals surface area contributed by atoms with Crippen LogP contribution in [0.2, 0.25) is 0 Å². The van der Waals surface area contributed by atoms with E-state index in [0.717, 1.165) is 23.6 Å². The van der Waals surface area contributed by atoms with E-state index >= 15 is 0 Å². The van der Waals surface area contributed by atoms with Crippen molar-refractivity contribution in [2.45, 2.75) is 19.3 Å². The van der Waals surface area contributed by atoms with Crippen LogP contribution in [0, 0.1) is 5.41 Å². The molecule has 0 aromatic heterocycles. The monoisotopic (exact) mass is 314 g/mol. The van der Waals surface area contributed by atoms with Crippen LogP contribution in [0.15, 0.2) is 23.8 Å². The molecule has 0 radical (unpaired) electrons. The summed E-state index contributed by atoms with van der Waals surface area (Å²) in [5, 5.41) is 3.49. The number of nitrogens with one attached hydrogen (secondary N) is 1. The number of likely N-dealkylation sites (tertiary alicyclic amines) is 1. The first-order valence-electron chi connectivity index (χ1n) is 8.70. The third-order valence-corrected chi connectivity index (χ3v) is 5.60. The number of hydrogen-bond acceptors (Lipinski definition) is 4. The lowest BCUT2D eigenvalue weighted by atomic mass is 9.78. The second-order valence-electron chi connectivity index (χ2n) is 7.18. The molecule has 4 rings (SSSR count). The SMILES string of the molecule is COc1cccc2c1OCC(CN1CCC3(CCNCC3)C1)=C2. The molecule has 0 amide bonds. The first kappa shape index (κ1) is 15.0. The summed E-state index contributed by atoms with van der Waals surface area (Å²) < 4.78 is 11.4. The standard InChI is InChI=1S/C19H26N2O2/c1-22-17-4-2-3-16-11-15(13-23-18(16)17)12-21-10-7-19(14-21)5-8-20-9-6-19/h2-4,11,20H,5-10,12-14H2,1H3. The molecule has 2 saturated heterocycles. The van der Waals surface area contributed by atoms with Crippen molar-refractivity contribution in [3.8, 4) is 11.5 Å². The van der Waals surface area contributed by atoms with Crippen molar-refractivity contribution < 1.29 is 9.47 Å². The molecule has 4 nitrogen and oxygen atoms in total. The highest BCUT2D eigenvalue weighted by molar-refractivity contribution is 5.66. The van der Waals surface area contributed by atoms with Gasteiger partial charge in [0.05, 0.1) is 7.11 Å². The van der Waals surface area contributed by atoms with Crippen LogP contribution in [0.25, 0.3) is 6.08 Å². The lowest BCUT2D eigenvalue weighted by molar-refractivity contribution is 0.199. The summed E-state index contributed by atoms with van der Waals surface area (Å²) in [6.07, 6.45) is 6.31. The largest absolute Gasteiger partial charge is 0.493 e. The average molecular weight is 314 g/mol. The lowest BCUT2D eigenvalue weighted by Gasteiger charge is -2.34. The lowest BCUT2D eigenvalue weighted by Crippen LogP contribution is -2.39. The molecule has 0 aliphatic carbocycles. The van der Waals surface area contributed by atoms with Gasteiger partial charge in [0.25, 0.3) is 0 Å². The molecule has 3 aliphatic heterocycles. The number of benzene rings is 1. The minimum atomic E-state index is 0.572. The average Bonchev–Trinajstić information content (AvgIpc) is 2.96. The summed E-state index contributed by atoms with van der Waals surface area (Å²) in [4.78, 5) is 2.62. The number of ether oxygens (including phenoxy) is 2. The van der Waals surface area contributed by atoms with Gasteiger partial charge >= 0.3 is 0 Å². The third-order valence-electron chi connectivity index (χ3n) is 5.60. The Hall–Kier alpha value is -1.52. The molecule has 23 heavy (non-hydrogen) atoms. The zero-order valence-corrected chi connectivity index (χ0v) is 13.9. The molecule has 1 spiro atoms.